The van der Waals surface area contributed by atoms with Gasteiger partial charge in [-0.15, -0.1) is 0 Å². The highest BCUT2D eigenvalue weighted by Crippen LogP contribution is 2.36. The van der Waals surface area contributed by atoms with E-state index in [-0.39, 0.29) is 18.4 Å². The minimum atomic E-state index is -4.04. The van der Waals surface area contributed by atoms with Crippen LogP contribution in [0, 0.1) is 11.8 Å². The molecule has 2 unspecified atom stereocenters. The molecule has 1 rings (SSSR count). The summed E-state index contributed by atoms with van der Waals surface area (Å²) in [7, 11) is 0. The minimum absolute atomic E-state index is 0.0732. The monoisotopic (exact) mass is 209 g/mol. The maximum Gasteiger partial charge on any atom is 0.392 e. The smallest absolute Gasteiger partial charge is 0.314 e. The van der Waals surface area contributed by atoms with E-state index in [0.29, 0.717) is 0 Å². The maximum absolute atomic E-state index is 12.6. The molecule has 0 bridgehead atoms. The summed E-state index contributed by atoms with van der Waals surface area (Å²) >= 11 is 0. The van der Waals surface area contributed by atoms with Gasteiger partial charge in [0.05, 0.1) is 5.92 Å². The lowest BCUT2D eigenvalue weighted by molar-refractivity contribution is -0.189. The molecule has 2 atom stereocenters. The normalized spacial score (nSPS) is 25.7. The number of rotatable bonds is 3. The fourth-order valence-corrected chi connectivity index (χ4v) is 2.05. The summed E-state index contributed by atoms with van der Waals surface area (Å²) in [4.78, 5) is 0. The van der Waals surface area contributed by atoms with Crippen molar-refractivity contribution in [2.75, 3.05) is 6.54 Å². The van der Waals surface area contributed by atoms with Crippen LogP contribution in [0.15, 0.2) is 0 Å². The molecule has 0 aromatic rings. The van der Waals surface area contributed by atoms with Gasteiger partial charge in [0.1, 0.15) is 0 Å². The Morgan fingerprint density at radius 1 is 1.36 bits per heavy atom. The van der Waals surface area contributed by atoms with Gasteiger partial charge in [-0.3, -0.25) is 0 Å². The lowest BCUT2D eigenvalue weighted by Gasteiger charge is -2.26. The number of halogens is 3. The van der Waals surface area contributed by atoms with E-state index in [1.165, 1.54) is 0 Å². The van der Waals surface area contributed by atoms with E-state index in [9.17, 15) is 13.2 Å². The third-order valence-corrected chi connectivity index (χ3v) is 2.93. The Morgan fingerprint density at radius 2 is 2.00 bits per heavy atom. The van der Waals surface area contributed by atoms with Crippen LogP contribution in [0.2, 0.25) is 0 Å². The molecule has 1 aliphatic rings. The zero-order valence-electron chi connectivity index (χ0n) is 8.69. The lowest BCUT2D eigenvalue weighted by atomic mass is 9.88. The fourth-order valence-electron chi connectivity index (χ4n) is 2.05. The first-order valence-corrected chi connectivity index (χ1v) is 5.21. The highest BCUT2D eigenvalue weighted by atomic mass is 19.4. The molecule has 0 spiro atoms. The first-order chi connectivity index (χ1) is 6.41. The fraction of sp³-hybridized carbons (Fsp3) is 1.00. The number of hydrogen-bond acceptors (Lipinski definition) is 1. The Bertz CT molecular complexity index is 171. The second-order valence-electron chi connectivity index (χ2n) is 4.42. The summed E-state index contributed by atoms with van der Waals surface area (Å²) in [6.45, 7) is 4.16. The van der Waals surface area contributed by atoms with Crippen LogP contribution in [0.4, 0.5) is 13.2 Å². The van der Waals surface area contributed by atoms with Gasteiger partial charge >= 0.3 is 6.18 Å². The van der Waals surface area contributed by atoms with E-state index in [2.05, 4.69) is 5.32 Å². The average molecular weight is 209 g/mol. The molecule has 0 saturated carbocycles. The van der Waals surface area contributed by atoms with Gasteiger partial charge < -0.3 is 5.32 Å². The molecule has 1 N–H and O–H groups in total. The Morgan fingerprint density at radius 3 is 2.36 bits per heavy atom. The van der Waals surface area contributed by atoms with Crippen molar-refractivity contribution in [3.05, 3.63) is 0 Å². The molecule has 0 amide bonds. The molecule has 1 nitrogen and oxygen atoms in total. The van der Waals surface area contributed by atoms with Gasteiger partial charge in [0, 0.05) is 6.04 Å². The van der Waals surface area contributed by atoms with Crippen LogP contribution >= 0.6 is 0 Å². The SMILES string of the molecule is CC(C)C(CC1CCCN1)C(F)(F)F. The summed E-state index contributed by atoms with van der Waals surface area (Å²) < 4.78 is 37.8. The zero-order chi connectivity index (χ0) is 10.8. The largest absolute Gasteiger partial charge is 0.392 e. The molecule has 1 fully saturated rings. The molecule has 1 heterocycles. The predicted molar refractivity (Wildman–Crippen MR) is 50.0 cm³/mol. The van der Waals surface area contributed by atoms with Crippen molar-refractivity contribution in [2.24, 2.45) is 11.8 Å². The van der Waals surface area contributed by atoms with E-state index in [1.807, 2.05) is 0 Å². The minimum Gasteiger partial charge on any atom is -0.314 e. The van der Waals surface area contributed by atoms with E-state index in [1.54, 1.807) is 13.8 Å². The summed E-state index contributed by atoms with van der Waals surface area (Å²) in [5.41, 5.74) is 0. The lowest BCUT2D eigenvalue weighted by Crippen LogP contribution is -2.34. The molecule has 0 aliphatic carbocycles. The molecular formula is C10H18F3N. The van der Waals surface area contributed by atoms with Crippen LogP contribution in [0.1, 0.15) is 33.1 Å². The summed E-state index contributed by atoms with van der Waals surface area (Å²) in [6.07, 6.45) is -1.91. The first kappa shape index (κ1) is 11.8. The van der Waals surface area contributed by atoms with Crippen molar-refractivity contribution < 1.29 is 13.2 Å². The van der Waals surface area contributed by atoms with Crippen molar-refractivity contribution in [3.8, 4) is 0 Å². The molecule has 0 aromatic heterocycles. The number of nitrogens with one attached hydrogen (secondary N) is 1. The van der Waals surface area contributed by atoms with E-state index < -0.39 is 12.1 Å². The molecule has 0 radical (unpaired) electrons. The Hall–Kier alpha value is -0.250. The first-order valence-electron chi connectivity index (χ1n) is 5.21. The van der Waals surface area contributed by atoms with Gasteiger partial charge in [-0.1, -0.05) is 13.8 Å². The van der Waals surface area contributed by atoms with Gasteiger partial charge in [0.15, 0.2) is 0 Å². The van der Waals surface area contributed by atoms with Crippen molar-refractivity contribution in [1.82, 2.24) is 5.32 Å². The summed E-state index contributed by atoms with van der Waals surface area (Å²) in [5.74, 6) is -1.48. The maximum atomic E-state index is 12.6. The van der Waals surface area contributed by atoms with Crippen molar-refractivity contribution in [3.63, 3.8) is 0 Å². The van der Waals surface area contributed by atoms with Crippen LogP contribution in [-0.2, 0) is 0 Å². The van der Waals surface area contributed by atoms with E-state index in [0.717, 1.165) is 19.4 Å². The Kier molecular flexibility index (Phi) is 3.81. The highest BCUT2D eigenvalue weighted by Gasteiger charge is 2.42. The van der Waals surface area contributed by atoms with Crippen LogP contribution < -0.4 is 5.32 Å². The molecule has 84 valence electrons. The second-order valence-corrected chi connectivity index (χ2v) is 4.42. The molecule has 14 heavy (non-hydrogen) atoms. The van der Waals surface area contributed by atoms with Crippen LogP contribution in [0.25, 0.3) is 0 Å². The second kappa shape index (κ2) is 4.51. The van der Waals surface area contributed by atoms with Crippen molar-refractivity contribution in [2.45, 2.75) is 45.3 Å². The topological polar surface area (TPSA) is 12.0 Å². The van der Waals surface area contributed by atoms with Crippen LogP contribution in [-0.4, -0.2) is 18.8 Å². The Labute approximate surface area is 83.1 Å². The van der Waals surface area contributed by atoms with E-state index >= 15 is 0 Å². The quantitative estimate of drug-likeness (QED) is 0.753. The Balaban J connectivity index is 2.50. The third-order valence-electron chi connectivity index (χ3n) is 2.93. The van der Waals surface area contributed by atoms with Gasteiger partial charge in [-0.2, -0.15) is 13.2 Å². The van der Waals surface area contributed by atoms with Crippen molar-refractivity contribution in [1.29, 1.82) is 0 Å². The molecule has 0 aromatic carbocycles. The van der Waals surface area contributed by atoms with Crippen LogP contribution in [0.3, 0.4) is 0 Å². The molecule has 1 aliphatic heterocycles. The predicted octanol–water partition coefficient (Wildman–Crippen LogP) is 2.96. The zero-order valence-corrected chi connectivity index (χ0v) is 8.69. The van der Waals surface area contributed by atoms with Gasteiger partial charge in [0.25, 0.3) is 0 Å². The number of alkyl halides is 3. The average Bonchev–Trinajstić information content (AvgIpc) is 2.48. The molecular weight excluding hydrogens is 191 g/mol. The molecule has 1 saturated heterocycles. The standard InChI is InChI=1S/C10H18F3N/c1-7(2)9(10(11,12)13)6-8-4-3-5-14-8/h7-9,14H,3-6H2,1-2H3. The van der Waals surface area contributed by atoms with Gasteiger partial charge in [-0.25, -0.2) is 0 Å². The summed E-state index contributed by atoms with van der Waals surface area (Å²) in [5, 5.41) is 3.11. The summed E-state index contributed by atoms with van der Waals surface area (Å²) in [6, 6.07) is 0.0732. The third kappa shape index (κ3) is 3.15. The van der Waals surface area contributed by atoms with Crippen molar-refractivity contribution >= 4 is 0 Å². The highest BCUT2D eigenvalue weighted by molar-refractivity contribution is 4.81. The number of hydrogen-bond donors (Lipinski definition) is 1. The molecule has 4 heteroatoms. The van der Waals surface area contributed by atoms with Crippen LogP contribution in [0.5, 0.6) is 0 Å². The van der Waals surface area contributed by atoms with Gasteiger partial charge in [0.2, 0.25) is 0 Å². The van der Waals surface area contributed by atoms with Gasteiger partial charge in [-0.05, 0) is 31.7 Å². The van der Waals surface area contributed by atoms with E-state index in [4.69, 9.17) is 0 Å².